The Morgan fingerprint density at radius 1 is 1.21 bits per heavy atom. The van der Waals surface area contributed by atoms with Gasteiger partial charge < -0.3 is 14.6 Å². The first-order chi connectivity index (χ1) is 11.2. The Hall–Kier alpha value is -2.91. The highest BCUT2D eigenvalue weighted by atomic mass is 19.4. The van der Waals surface area contributed by atoms with Gasteiger partial charge in [-0.05, 0) is 18.2 Å². The number of halogens is 3. The number of nitrogens with zero attached hydrogens (tertiary/aromatic N) is 2. The summed E-state index contributed by atoms with van der Waals surface area (Å²) in [6.45, 7) is 0. The van der Waals surface area contributed by atoms with E-state index < -0.39 is 41.6 Å². The first-order valence-corrected chi connectivity index (χ1v) is 6.35. The summed E-state index contributed by atoms with van der Waals surface area (Å²) in [5, 5.41) is 16.6. The van der Waals surface area contributed by atoms with Crippen LogP contribution in [-0.2, 0) is 25.2 Å². The summed E-state index contributed by atoms with van der Waals surface area (Å²) < 4.78 is 46.5. The molecule has 0 heterocycles. The molecule has 10 heteroatoms. The zero-order valence-electron chi connectivity index (χ0n) is 12.6. The van der Waals surface area contributed by atoms with Crippen LogP contribution in [0.5, 0.6) is 0 Å². The summed E-state index contributed by atoms with van der Waals surface area (Å²) in [7, 11) is 2.06. The standard InChI is InChI=1S/C14H13F3N2O5/c1-23-11(21)7-10(20)12(13(22)24-2)19-18-9-5-3-4-8(6-9)14(15,16)17/h3-6,20H,7H2,1-2H3. The molecule has 0 amide bonds. The van der Waals surface area contributed by atoms with Crippen molar-refractivity contribution in [3.8, 4) is 0 Å². The number of hydrogen-bond acceptors (Lipinski definition) is 7. The van der Waals surface area contributed by atoms with Crippen molar-refractivity contribution in [3.05, 3.63) is 41.3 Å². The van der Waals surface area contributed by atoms with Crippen molar-refractivity contribution in [1.82, 2.24) is 0 Å². The van der Waals surface area contributed by atoms with E-state index in [0.29, 0.717) is 6.07 Å². The molecule has 7 nitrogen and oxygen atoms in total. The van der Waals surface area contributed by atoms with Gasteiger partial charge in [0.2, 0.25) is 5.70 Å². The number of methoxy groups -OCH3 is 2. The van der Waals surface area contributed by atoms with Crippen molar-refractivity contribution in [1.29, 1.82) is 0 Å². The van der Waals surface area contributed by atoms with Gasteiger partial charge in [0, 0.05) is 0 Å². The minimum atomic E-state index is -4.57. The van der Waals surface area contributed by atoms with Gasteiger partial charge >= 0.3 is 18.1 Å². The molecule has 0 fully saturated rings. The Balaban J connectivity index is 3.15. The van der Waals surface area contributed by atoms with Gasteiger partial charge in [0.05, 0.1) is 25.5 Å². The van der Waals surface area contributed by atoms with Crippen LogP contribution in [0.1, 0.15) is 12.0 Å². The number of aliphatic hydroxyl groups is 1. The molecule has 1 N–H and O–H groups in total. The van der Waals surface area contributed by atoms with Crippen molar-refractivity contribution >= 4 is 17.6 Å². The van der Waals surface area contributed by atoms with Gasteiger partial charge in [-0.15, -0.1) is 5.11 Å². The molecular formula is C14H13F3N2O5. The Morgan fingerprint density at radius 3 is 2.42 bits per heavy atom. The van der Waals surface area contributed by atoms with E-state index in [9.17, 15) is 27.9 Å². The van der Waals surface area contributed by atoms with Crippen molar-refractivity contribution < 1.29 is 37.3 Å². The van der Waals surface area contributed by atoms with Gasteiger partial charge in [0.15, 0.2) is 0 Å². The zero-order chi connectivity index (χ0) is 18.3. The Morgan fingerprint density at radius 2 is 1.88 bits per heavy atom. The molecule has 0 aliphatic carbocycles. The van der Waals surface area contributed by atoms with Gasteiger partial charge in [0.1, 0.15) is 12.2 Å². The SMILES string of the molecule is COC(=O)CC(O)=C(N=Nc1cccc(C(F)(F)F)c1)C(=O)OC. The van der Waals surface area contributed by atoms with Crippen LogP contribution in [0.25, 0.3) is 0 Å². The number of hydrogen-bond donors (Lipinski definition) is 1. The van der Waals surface area contributed by atoms with Gasteiger partial charge in [-0.2, -0.15) is 18.3 Å². The summed E-state index contributed by atoms with van der Waals surface area (Å²) >= 11 is 0. The van der Waals surface area contributed by atoms with Crippen LogP contribution >= 0.6 is 0 Å². The van der Waals surface area contributed by atoms with Crippen LogP contribution in [0, 0.1) is 0 Å². The van der Waals surface area contributed by atoms with Crippen LogP contribution in [0.4, 0.5) is 18.9 Å². The molecule has 0 atom stereocenters. The van der Waals surface area contributed by atoms with Crippen LogP contribution in [0.3, 0.4) is 0 Å². The first-order valence-electron chi connectivity index (χ1n) is 6.35. The number of alkyl halides is 3. The zero-order valence-corrected chi connectivity index (χ0v) is 12.6. The fraction of sp³-hybridized carbons (Fsp3) is 0.286. The Labute approximate surface area is 134 Å². The number of rotatable bonds is 5. The molecule has 0 spiro atoms. The number of azo groups is 1. The van der Waals surface area contributed by atoms with E-state index in [-0.39, 0.29) is 5.69 Å². The summed E-state index contributed by atoms with van der Waals surface area (Å²) in [4.78, 5) is 22.6. The predicted octanol–water partition coefficient (Wildman–Crippen LogP) is 3.29. The number of ether oxygens (including phenoxy) is 2. The highest BCUT2D eigenvalue weighted by molar-refractivity contribution is 5.89. The molecular weight excluding hydrogens is 333 g/mol. The second kappa shape index (κ2) is 8.09. The lowest BCUT2D eigenvalue weighted by Gasteiger charge is -2.06. The molecule has 1 aromatic carbocycles. The van der Waals surface area contributed by atoms with Gasteiger partial charge in [-0.25, -0.2) is 4.79 Å². The molecule has 1 aromatic rings. The van der Waals surface area contributed by atoms with Gasteiger partial charge in [-0.3, -0.25) is 4.79 Å². The molecule has 1 rings (SSSR count). The molecule has 0 aliphatic rings. The average Bonchev–Trinajstić information content (AvgIpc) is 2.54. The monoisotopic (exact) mass is 346 g/mol. The summed E-state index contributed by atoms with van der Waals surface area (Å²) in [5.74, 6) is -2.76. The number of benzene rings is 1. The van der Waals surface area contributed by atoms with Crippen molar-refractivity contribution in [3.63, 3.8) is 0 Å². The molecule has 0 bridgehead atoms. The molecule has 0 aliphatic heterocycles. The molecule has 0 aromatic heterocycles. The normalized spacial score (nSPS) is 12.7. The van der Waals surface area contributed by atoms with E-state index in [4.69, 9.17) is 0 Å². The lowest BCUT2D eigenvalue weighted by atomic mass is 10.2. The summed E-state index contributed by atoms with van der Waals surface area (Å²) in [5.41, 5.74) is -1.89. The summed E-state index contributed by atoms with van der Waals surface area (Å²) in [6, 6.07) is 3.86. The summed E-state index contributed by atoms with van der Waals surface area (Å²) in [6.07, 6.45) is -5.25. The quantitative estimate of drug-likeness (QED) is 0.382. The maximum Gasteiger partial charge on any atom is 0.416 e. The van der Waals surface area contributed by atoms with Crippen molar-refractivity contribution in [2.24, 2.45) is 10.2 Å². The molecule has 130 valence electrons. The van der Waals surface area contributed by atoms with E-state index in [1.54, 1.807) is 0 Å². The predicted molar refractivity (Wildman–Crippen MR) is 74.3 cm³/mol. The molecule has 0 radical (unpaired) electrons. The minimum Gasteiger partial charge on any atom is -0.509 e. The van der Waals surface area contributed by atoms with E-state index in [1.165, 1.54) is 6.07 Å². The van der Waals surface area contributed by atoms with Crippen molar-refractivity contribution in [2.45, 2.75) is 12.6 Å². The van der Waals surface area contributed by atoms with E-state index in [1.807, 2.05) is 0 Å². The number of aliphatic hydroxyl groups excluding tert-OH is 1. The van der Waals surface area contributed by atoms with Crippen LogP contribution in [0.2, 0.25) is 0 Å². The van der Waals surface area contributed by atoms with Gasteiger partial charge in [-0.1, -0.05) is 6.07 Å². The van der Waals surface area contributed by atoms with Crippen LogP contribution in [-0.4, -0.2) is 31.3 Å². The maximum absolute atomic E-state index is 12.6. The molecule has 0 saturated heterocycles. The first kappa shape index (κ1) is 19.1. The van der Waals surface area contributed by atoms with E-state index in [0.717, 1.165) is 26.4 Å². The van der Waals surface area contributed by atoms with E-state index in [2.05, 4.69) is 19.7 Å². The fourth-order valence-corrected chi connectivity index (χ4v) is 1.46. The largest absolute Gasteiger partial charge is 0.509 e. The lowest BCUT2D eigenvalue weighted by molar-refractivity contribution is -0.140. The highest BCUT2D eigenvalue weighted by Crippen LogP contribution is 2.31. The van der Waals surface area contributed by atoms with Crippen LogP contribution in [0.15, 0.2) is 46.0 Å². The lowest BCUT2D eigenvalue weighted by Crippen LogP contribution is -2.09. The minimum absolute atomic E-state index is 0.211. The Kier molecular flexibility index (Phi) is 6.45. The number of carbonyl (C=O) groups is 2. The van der Waals surface area contributed by atoms with Crippen LogP contribution < -0.4 is 0 Å². The second-order valence-electron chi connectivity index (χ2n) is 4.29. The molecule has 0 unspecified atom stereocenters. The average molecular weight is 346 g/mol. The number of esters is 2. The Bertz CT molecular complexity index is 683. The maximum atomic E-state index is 12.6. The molecule has 0 saturated carbocycles. The molecule has 24 heavy (non-hydrogen) atoms. The van der Waals surface area contributed by atoms with Gasteiger partial charge in [0.25, 0.3) is 0 Å². The second-order valence-corrected chi connectivity index (χ2v) is 4.29. The number of carbonyl (C=O) groups excluding carboxylic acids is 2. The smallest absolute Gasteiger partial charge is 0.416 e. The van der Waals surface area contributed by atoms with E-state index >= 15 is 0 Å². The fourth-order valence-electron chi connectivity index (χ4n) is 1.46. The third kappa shape index (κ3) is 5.38. The third-order valence-corrected chi connectivity index (χ3v) is 2.63. The highest BCUT2D eigenvalue weighted by Gasteiger charge is 2.30. The van der Waals surface area contributed by atoms with Crippen molar-refractivity contribution in [2.75, 3.05) is 14.2 Å². The topological polar surface area (TPSA) is 97.5 Å². The third-order valence-electron chi connectivity index (χ3n) is 2.63.